The average molecular weight is 433 g/mol. The Morgan fingerprint density at radius 1 is 1.10 bits per heavy atom. The van der Waals surface area contributed by atoms with Gasteiger partial charge in [0.05, 0.1) is 11.7 Å². The number of aromatic hydroxyl groups is 1. The van der Waals surface area contributed by atoms with Gasteiger partial charge in [0.15, 0.2) is 5.75 Å². The van der Waals surface area contributed by atoms with Crippen LogP contribution >= 0.6 is 0 Å². The zero-order valence-electron chi connectivity index (χ0n) is 17.0. The number of hydrogen-bond donors (Lipinski definition) is 3. The first-order valence-electron chi connectivity index (χ1n) is 9.25. The molecule has 2 aromatic carbocycles. The van der Waals surface area contributed by atoms with E-state index in [1.165, 1.54) is 32.3 Å². The highest BCUT2D eigenvalue weighted by Crippen LogP contribution is 2.35. The first-order valence-corrected chi connectivity index (χ1v) is 10.7. The Labute approximate surface area is 173 Å². The van der Waals surface area contributed by atoms with E-state index in [9.17, 15) is 23.1 Å². The lowest BCUT2D eigenvalue weighted by molar-refractivity contribution is 0.452. The van der Waals surface area contributed by atoms with Gasteiger partial charge in [-0.15, -0.1) is 0 Å². The van der Waals surface area contributed by atoms with Gasteiger partial charge in [0.25, 0.3) is 10.9 Å². The molecule has 0 aliphatic carbocycles. The van der Waals surface area contributed by atoms with Crippen LogP contribution in [0.5, 0.6) is 5.75 Å². The second-order valence-electron chi connectivity index (χ2n) is 7.03. The van der Waals surface area contributed by atoms with Crippen molar-refractivity contribution in [1.29, 1.82) is 0 Å². The molecule has 0 fully saturated rings. The highest BCUT2D eigenvalue weighted by Gasteiger charge is 2.27. The van der Waals surface area contributed by atoms with E-state index in [1.54, 1.807) is 19.1 Å². The highest BCUT2D eigenvalue weighted by molar-refractivity contribution is 7.89. The molecule has 160 valence electrons. The molecule has 0 aliphatic heterocycles. The first-order chi connectivity index (χ1) is 14.1. The Morgan fingerprint density at radius 2 is 1.77 bits per heavy atom. The van der Waals surface area contributed by atoms with Gasteiger partial charge in [0.2, 0.25) is 10.0 Å². The maximum atomic E-state index is 12.4. The summed E-state index contributed by atoms with van der Waals surface area (Å²) in [7, 11) is -1.22. The lowest BCUT2D eigenvalue weighted by Crippen LogP contribution is -2.37. The molecule has 3 rings (SSSR count). The van der Waals surface area contributed by atoms with Crippen LogP contribution in [0.1, 0.15) is 30.9 Å². The molecule has 9 nitrogen and oxygen atoms in total. The maximum absolute atomic E-state index is 12.4. The number of rotatable bonds is 8. The lowest BCUT2D eigenvalue weighted by Gasteiger charge is -2.21. The molecule has 30 heavy (non-hydrogen) atoms. The van der Waals surface area contributed by atoms with Crippen LogP contribution in [0.2, 0.25) is 0 Å². The Kier molecular flexibility index (Phi) is 5.73. The zero-order valence-corrected chi connectivity index (χ0v) is 17.8. The molecule has 1 heterocycles. The number of aryl methyl sites for hydroxylation is 1. The zero-order chi connectivity index (χ0) is 22.2. The molecule has 1 atom stereocenters. The Balaban J connectivity index is 1.94. The topological polar surface area (TPSA) is 129 Å². The lowest BCUT2D eigenvalue weighted by atomic mass is 10.1. The van der Waals surface area contributed by atoms with Crippen LogP contribution < -0.4 is 21.5 Å². The Bertz CT molecular complexity index is 1250. The summed E-state index contributed by atoms with van der Waals surface area (Å²) >= 11 is 0. The third-order valence-electron chi connectivity index (χ3n) is 4.76. The van der Waals surface area contributed by atoms with Crippen LogP contribution in [0.4, 0.5) is 17.1 Å². The van der Waals surface area contributed by atoms with Crippen molar-refractivity contribution >= 4 is 27.1 Å². The number of phenolic OH excluding ortho intramolecular Hbond substituents is 1. The molecule has 0 saturated carbocycles. The average Bonchev–Trinajstić information content (AvgIpc) is 3.14. The fraction of sp³-hybridized carbons (Fsp3) is 0.300. The normalized spacial score (nSPS) is 13.0. The van der Waals surface area contributed by atoms with Crippen molar-refractivity contribution in [2.24, 2.45) is 0 Å². The smallest absolute Gasteiger partial charge is 0.253 e. The summed E-state index contributed by atoms with van der Waals surface area (Å²) < 4.78 is 31.3. The van der Waals surface area contributed by atoms with Crippen molar-refractivity contribution in [2.45, 2.75) is 31.2 Å². The summed E-state index contributed by atoms with van der Waals surface area (Å²) in [5.74, 6) is 0.798. The maximum Gasteiger partial charge on any atom is 0.253 e. The molecule has 0 saturated heterocycles. The molecule has 1 aromatic heterocycles. The van der Waals surface area contributed by atoms with Gasteiger partial charge in [-0.2, -0.15) is 0 Å². The number of sulfonamides is 1. The van der Waals surface area contributed by atoms with E-state index >= 15 is 0 Å². The van der Waals surface area contributed by atoms with Crippen molar-refractivity contribution < 1.29 is 17.9 Å². The van der Waals surface area contributed by atoms with E-state index in [0.29, 0.717) is 12.2 Å². The van der Waals surface area contributed by atoms with Gasteiger partial charge >= 0.3 is 0 Å². The number of hydrogen-bond acceptors (Lipinski definition) is 8. The molecule has 3 aromatic rings. The van der Waals surface area contributed by atoms with Crippen LogP contribution in [-0.4, -0.2) is 31.9 Å². The van der Waals surface area contributed by atoms with Crippen LogP contribution in [-0.2, 0) is 10.0 Å². The van der Waals surface area contributed by atoms with Crippen molar-refractivity contribution in [2.75, 3.05) is 24.7 Å². The number of nitrogens with one attached hydrogen (secondary N) is 2. The molecule has 0 unspecified atom stereocenters. The molecule has 0 amide bonds. The molecule has 3 N–H and O–H groups in total. The minimum absolute atomic E-state index is 0.00466. The second-order valence-corrected chi connectivity index (χ2v) is 9.15. The van der Waals surface area contributed by atoms with Gasteiger partial charge in [-0.1, -0.05) is 13.0 Å². The van der Waals surface area contributed by atoms with Gasteiger partial charge in [0, 0.05) is 14.1 Å². The molecular formula is C20H23N3O6S. The Hall–Kier alpha value is -3.11. The van der Waals surface area contributed by atoms with E-state index in [1.807, 2.05) is 6.92 Å². The predicted molar refractivity (Wildman–Crippen MR) is 114 cm³/mol. The number of benzene rings is 1. The van der Waals surface area contributed by atoms with Crippen LogP contribution in [0.15, 0.2) is 49.2 Å². The fourth-order valence-corrected chi connectivity index (χ4v) is 4.00. The fourth-order valence-electron chi connectivity index (χ4n) is 3.00. The minimum Gasteiger partial charge on any atom is -0.504 e. The third-order valence-corrected chi connectivity index (χ3v) is 6.61. The quantitative estimate of drug-likeness (QED) is 0.365. The van der Waals surface area contributed by atoms with Gasteiger partial charge in [0.1, 0.15) is 27.8 Å². The number of para-hydroxylation sites is 1. The summed E-state index contributed by atoms with van der Waals surface area (Å²) in [5.41, 5.74) is -1.45. The van der Waals surface area contributed by atoms with Crippen molar-refractivity contribution in [1.82, 2.24) is 4.31 Å². The molecule has 0 radical (unpaired) electrons. The standard InChI is InChI=1S/C20H23N3O6S/c1-5-12(14-10-9-11(2)29-14)21-16-17(20(26)19(16)25)22-13-7-6-8-15(18(13)24)30(27,28)23(3)4/h6-10,12,21-22,24H,5H2,1-4H3/t12-/m0/s1. The molecule has 10 heteroatoms. The predicted octanol–water partition coefficient (Wildman–Crippen LogP) is 2.45. The van der Waals surface area contributed by atoms with Crippen LogP contribution in [0.3, 0.4) is 0 Å². The van der Waals surface area contributed by atoms with E-state index in [4.69, 9.17) is 4.42 Å². The minimum atomic E-state index is -3.90. The van der Waals surface area contributed by atoms with Gasteiger partial charge in [-0.25, -0.2) is 12.7 Å². The van der Waals surface area contributed by atoms with Gasteiger partial charge in [-0.3, -0.25) is 9.59 Å². The summed E-state index contributed by atoms with van der Waals surface area (Å²) in [6, 6.07) is 7.35. The summed E-state index contributed by atoms with van der Waals surface area (Å²) in [5, 5.41) is 16.2. The van der Waals surface area contributed by atoms with E-state index < -0.39 is 26.6 Å². The summed E-state index contributed by atoms with van der Waals surface area (Å²) in [6.45, 7) is 3.70. The van der Waals surface area contributed by atoms with E-state index in [2.05, 4.69) is 10.6 Å². The van der Waals surface area contributed by atoms with Gasteiger partial charge in [-0.05, 0) is 37.6 Å². The largest absolute Gasteiger partial charge is 0.504 e. The number of phenols is 1. The van der Waals surface area contributed by atoms with Crippen molar-refractivity contribution in [3.05, 3.63) is 62.3 Å². The molecule has 0 bridgehead atoms. The van der Waals surface area contributed by atoms with Crippen LogP contribution in [0.25, 0.3) is 0 Å². The summed E-state index contributed by atoms with van der Waals surface area (Å²) in [4.78, 5) is 24.0. The van der Waals surface area contributed by atoms with E-state index in [-0.39, 0.29) is 28.0 Å². The monoisotopic (exact) mass is 433 g/mol. The second kappa shape index (κ2) is 7.96. The van der Waals surface area contributed by atoms with Crippen LogP contribution in [0, 0.1) is 6.92 Å². The first kappa shape index (κ1) is 21.6. The Morgan fingerprint density at radius 3 is 2.33 bits per heavy atom. The number of furan rings is 1. The van der Waals surface area contributed by atoms with Crippen molar-refractivity contribution in [3.8, 4) is 5.75 Å². The SMILES string of the molecule is CC[C@H](Nc1c(Nc2cccc(S(=O)(=O)N(C)C)c2O)c(=O)c1=O)c1ccc(C)o1. The van der Waals surface area contributed by atoms with Gasteiger partial charge < -0.3 is 20.2 Å². The number of nitrogens with zero attached hydrogens (tertiary/aromatic N) is 1. The van der Waals surface area contributed by atoms with E-state index in [0.717, 1.165) is 10.1 Å². The molecule has 0 aliphatic rings. The van der Waals surface area contributed by atoms with Crippen molar-refractivity contribution in [3.63, 3.8) is 0 Å². The number of anilines is 3. The molecular weight excluding hydrogens is 410 g/mol. The molecule has 0 spiro atoms. The summed E-state index contributed by atoms with van der Waals surface area (Å²) in [6.07, 6.45) is 0.590. The third kappa shape index (κ3) is 3.71. The highest BCUT2D eigenvalue weighted by atomic mass is 32.2.